The second-order valence-corrected chi connectivity index (χ2v) is 2.48. The molecule has 0 fully saturated rings. The number of aromatic nitrogens is 4. The predicted octanol–water partition coefficient (Wildman–Crippen LogP) is -1.68. The lowest BCUT2D eigenvalue weighted by Crippen LogP contribution is -2.26. The average Bonchev–Trinajstić information content (AvgIpc) is 2.60. The van der Waals surface area contributed by atoms with E-state index in [0.717, 1.165) is 0 Å². The Bertz CT molecular complexity index is 585. The van der Waals surface area contributed by atoms with Gasteiger partial charge in [-0.1, -0.05) is 0 Å². The van der Waals surface area contributed by atoms with Crippen molar-refractivity contribution in [3.8, 4) is 0 Å². The van der Waals surface area contributed by atoms with Gasteiger partial charge in [-0.3, -0.25) is 4.79 Å². The average molecular weight is 212 g/mol. The standard InChI is InChI=1S/C5H4N6O4/c6-5-9-4(12)2-3(8-1-7-2)10(5)15-11(13)14/h1H,(H,7,8)(H2,6,9,12). The lowest BCUT2D eigenvalue weighted by Gasteiger charge is -2.01. The molecule has 10 nitrogen and oxygen atoms in total. The van der Waals surface area contributed by atoms with Crippen LogP contribution in [-0.2, 0) is 0 Å². The summed E-state index contributed by atoms with van der Waals surface area (Å²) >= 11 is 0. The number of hydrogen-bond donors (Lipinski definition) is 2. The smallest absolute Gasteiger partial charge is 0.326 e. The molecule has 3 N–H and O–H groups in total. The van der Waals surface area contributed by atoms with Gasteiger partial charge in [0.25, 0.3) is 5.65 Å². The first-order chi connectivity index (χ1) is 7.09. The fourth-order valence-electron chi connectivity index (χ4n) is 1.06. The topological polar surface area (TPSA) is 142 Å². The van der Waals surface area contributed by atoms with Gasteiger partial charge in [-0.2, -0.15) is 9.92 Å². The number of H-pyrrole nitrogens is 1. The molecule has 0 bridgehead atoms. The Morgan fingerprint density at radius 3 is 3.07 bits per heavy atom. The normalized spacial score (nSPS) is 10.4. The van der Waals surface area contributed by atoms with Gasteiger partial charge in [0, 0.05) is 0 Å². The zero-order chi connectivity index (χ0) is 11.0. The van der Waals surface area contributed by atoms with Crippen molar-refractivity contribution < 1.29 is 10.0 Å². The summed E-state index contributed by atoms with van der Waals surface area (Å²) in [6.45, 7) is 0. The van der Waals surface area contributed by atoms with Gasteiger partial charge in [-0.15, -0.1) is 4.98 Å². The molecule has 0 amide bonds. The summed E-state index contributed by atoms with van der Waals surface area (Å²) in [5, 5.41) is 9.05. The molecule has 2 rings (SSSR count). The molecule has 0 saturated heterocycles. The van der Waals surface area contributed by atoms with Crippen LogP contribution in [0.3, 0.4) is 0 Å². The lowest BCUT2D eigenvalue weighted by molar-refractivity contribution is -0.747. The SMILES string of the molecule is Nc1nc(=O)c2[nH]cnc2n1O[N+](=O)[O-]. The predicted molar refractivity (Wildman–Crippen MR) is 46.1 cm³/mol. The molecule has 2 aromatic heterocycles. The van der Waals surface area contributed by atoms with E-state index < -0.39 is 16.6 Å². The van der Waals surface area contributed by atoms with Crippen LogP contribution in [0.15, 0.2) is 11.1 Å². The summed E-state index contributed by atoms with van der Waals surface area (Å²) in [6, 6.07) is 0. The highest BCUT2D eigenvalue weighted by atomic mass is 17.0. The van der Waals surface area contributed by atoms with Gasteiger partial charge in [-0.25, -0.2) is 10.1 Å². The van der Waals surface area contributed by atoms with Crippen molar-refractivity contribution in [3.63, 3.8) is 0 Å². The van der Waals surface area contributed by atoms with E-state index in [1.54, 1.807) is 0 Å². The van der Waals surface area contributed by atoms with Gasteiger partial charge in [0.05, 0.1) is 6.33 Å². The van der Waals surface area contributed by atoms with E-state index in [1.807, 2.05) is 0 Å². The molecule has 2 aromatic rings. The number of rotatable bonds is 2. The van der Waals surface area contributed by atoms with Crippen molar-refractivity contribution in [2.75, 3.05) is 5.73 Å². The number of nitrogens with two attached hydrogens (primary N) is 1. The number of imidazole rings is 1. The molecule has 0 unspecified atom stereocenters. The van der Waals surface area contributed by atoms with Crippen LogP contribution >= 0.6 is 0 Å². The summed E-state index contributed by atoms with van der Waals surface area (Å²) in [5.41, 5.74) is 4.48. The molecular weight excluding hydrogens is 208 g/mol. The van der Waals surface area contributed by atoms with Gasteiger partial charge < -0.3 is 10.7 Å². The Kier molecular flexibility index (Phi) is 1.75. The van der Waals surface area contributed by atoms with E-state index in [-0.39, 0.29) is 11.2 Å². The third-order valence-corrected chi connectivity index (χ3v) is 1.60. The molecule has 0 aliphatic rings. The van der Waals surface area contributed by atoms with Crippen molar-refractivity contribution in [2.45, 2.75) is 0 Å². The van der Waals surface area contributed by atoms with E-state index in [1.165, 1.54) is 6.33 Å². The summed E-state index contributed by atoms with van der Waals surface area (Å²) < 4.78 is 0.549. The maximum Gasteiger partial charge on any atom is 0.326 e. The van der Waals surface area contributed by atoms with Gasteiger partial charge in [-0.05, 0) is 4.73 Å². The first-order valence-corrected chi connectivity index (χ1v) is 3.64. The number of nitrogens with zero attached hydrogens (tertiary/aromatic N) is 4. The Labute approximate surface area is 80.4 Å². The molecule has 0 aromatic carbocycles. The van der Waals surface area contributed by atoms with Crippen molar-refractivity contribution in [3.05, 3.63) is 26.8 Å². The van der Waals surface area contributed by atoms with Crippen LogP contribution in [-0.4, -0.2) is 24.8 Å². The van der Waals surface area contributed by atoms with E-state index in [0.29, 0.717) is 4.73 Å². The Balaban J connectivity index is 2.76. The molecule has 0 radical (unpaired) electrons. The second kappa shape index (κ2) is 2.94. The van der Waals surface area contributed by atoms with Crippen LogP contribution in [0, 0.1) is 10.1 Å². The van der Waals surface area contributed by atoms with E-state index in [2.05, 4.69) is 19.9 Å². The van der Waals surface area contributed by atoms with E-state index in [4.69, 9.17) is 5.73 Å². The number of anilines is 1. The van der Waals surface area contributed by atoms with E-state index >= 15 is 0 Å². The minimum atomic E-state index is -1.09. The first kappa shape index (κ1) is 8.93. The molecule has 0 saturated carbocycles. The fraction of sp³-hybridized carbons (Fsp3) is 0. The number of aromatic amines is 1. The summed E-state index contributed by atoms with van der Waals surface area (Å²) in [5.74, 6) is -0.448. The molecule has 15 heavy (non-hydrogen) atoms. The minimum Gasteiger partial charge on any atom is -0.347 e. The van der Waals surface area contributed by atoms with Gasteiger partial charge >= 0.3 is 11.5 Å². The minimum absolute atomic E-state index is 0.0222. The highest BCUT2D eigenvalue weighted by molar-refractivity contribution is 5.70. The number of fused-ring (bicyclic) bond motifs is 1. The van der Waals surface area contributed by atoms with Gasteiger partial charge in [0.2, 0.25) is 0 Å². The molecule has 10 heteroatoms. The number of hydrogen-bond acceptors (Lipinski definition) is 7. The molecular formula is C5H4N6O4. The molecule has 0 aliphatic heterocycles. The van der Waals surface area contributed by atoms with E-state index in [9.17, 15) is 14.9 Å². The molecule has 0 spiro atoms. The van der Waals surface area contributed by atoms with Crippen molar-refractivity contribution in [1.29, 1.82) is 0 Å². The quantitative estimate of drug-likeness (QED) is 0.447. The highest BCUT2D eigenvalue weighted by Gasteiger charge is 2.17. The third-order valence-electron chi connectivity index (χ3n) is 1.60. The molecule has 2 heterocycles. The highest BCUT2D eigenvalue weighted by Crippen LogP contribution is 2.05. The summed E-state index contributed by atoms with van der Waals surface area (Å²) in [7, 11) is 0. The molecule has 78 valence electrons. The van der Waals surface area contributed by atoms with Crippen molar-refractivity contribution in [2.24, 2.45) is 0 Å². The summed E-state index contributed by atoms with van der Waals surface area (Å²) in [6.07, 6.45) is 1.17. The summed E-state index contributed by atoms with van der Waals surface area (Å²) in [4.78, 5) is 34.9. The molecule has 0 atom stereocenters. The van der Waals surface area contributed by atoms with Crippen LogP contribution in [0.1, 0.15) is 0 Å². The Morgan fingerprint density at radius 1 is 1.67 bits per heavy atom. The maximum absolute atomic E-state index is 11.2. The zero-order valence-corrected chi connectivity index (χ0v) is 7.08. The fourth-order valence-corrected chi connectivity index (χ4v) is 1.06. The van der Waals surface area contributed by atoms with Crippen molar-refractivity contribution in [1.82, 2.24) is 19.7 Å². The Morgan fingerprint density at radius 2 is 2.40 bits per heavy atom. The first-order valence-electron chi connectivity index (χ1n) is 3.64. The van der Waals surface area contributed by atoms with Gasteiger partial charge in [0.1, 0.15) is 0 Å². The monoisotopic (exact) mass is 212 g/mol. The van der Waals surface area contributed by atoms with Crippen LogP contribution in [0.4, 0.5) is 5.95 Å². The lowest BCUT2D eigenvalue weighted by atomic mass is 10.5. The largest absolute Gasteiger partial charge is 0.347 e. The Hall–Kier alpha value is -2.65. The zero-order valence-electron chi connectivity index (χ0n) is 7.08. The van der Waals surface area contributed by atoms with Crippen LogP contribution in [0.25, 0.3) is 11.2 Å². The maximum atomic E-state index is 11.2. The van der Waals surface area contributed by atoms with Crippen LogP contribution < -0.4 is 16.2 Å². The molecule has 0 aliphatic carbocycles. The van der Waals surface area contributed by atoms with Crippen LogP contribution in [0.2, 0.25) is 0 Å². The van der Waals surface area contributed by atoms with Crippen molar-refractivity contribution >= 4 is 17.1 Å². The second-order valence-electron chi connectivity index (χ2n) is 2.48. The van der Waals surface area contributed by atoms with Gasteiger partial charge in [0.15, 0.2) is 10.6 Å². The number of nitrogens with one attached hydrogen (secondary N) is 1. The number of nitrogen functional groups attached to an aromatic ring is 1. The van der Waals surface area contributed by atoms with Crippen LogP contribution in [0.5, 0.6) is 0 Å². The third kappa shape index (κ3) is 1.33.